The fourth-order valence-electron chi connectivity index (χ4n) is 4.18. The van der Waals surface area contributed by atoms with Crippen molar-refractivity contribution in [2.24, 2.45) is 11.1 Å². The van der Waals surface area contributed by atoms with Crippen LogP contribution >= 0.6 is 0 Å². The van der Waals surface area contributed by atoms with Gasteiger partial charge in [0.1, 0.15) is 5.69 Å². The minimum atomic E-state index is -3.79. The van der Waals surface area contributed by atoms with Gasteiger partial charge in [-0.1, -0.05) is 0 Å². The van der Waals surface area contributed by atoms with E-state index in [1.54, 1.807) is 20.8 Å². The van der Waals surface area contributed by atoms with Gasteiger partial charge in [0.05, 0.1) is 18.0 Å². The Balaban J connectivity index is 1.54. The summed E-state index contributed by atoms with van der Waals surface area (Å²) < 4.78 is 27.7. The molecule has 0 saturated carbocycles. The molecule has 1 aliphatic rings. The average molecular weight is 491 g/mol. The molecule has 184 valence electrons. The van der Waals surface area contributed by atoms with Crippen LogP contribution in [0.1, 0.15) is 51.9 Å². The van der Waals surface area contributed by atoms with Crippen LogP contribution in [-0.2, 0) is 19.6 Å². The molecule has 34 heavy (non-hydrogen) atoms. The van der Waals surface area contributed by atoms with E-state index >= 15 is 0 Å². The van der Waals surface area contributed by atoms with Crippen LogP contribution in [0, 0.1) is 19.8 Å². The number of likely N-dealkylation sites (tertiary alicyclic amines) is 1. The minimum Gasteiger partial charge on any atom is -0.461 e. The number of H-pyrrole nitrogens is 1. The number of nitrogens with zero attached hydrogens (tertiary/aromatic N) is 1. The number of aromatic nitrogens is 1. The number of amides is 1. The molecule has 0 aliphatic carbocycles. The van der Waals surface area contributed by atoms with E-state index in [0.717, 1.165) is 0 Å². The highest BCUT2D eigenvalue weighted by atomic mass is 32.2. The normalized spacial score (nSPS) is 15.2. The van der Waals surface area contributed by atoms with E-state index in [1.165, 1.54) is 24.3 Å². The summed E-state index contributed by atoms with van der Waals surface area (Å²) >= 11 is 0. The summed E-state index contributed by atoms with van der Waals surface area (Å²) in [5, 5.41) is 7.89. The van der Waals surface area contributed by atoms with Gasteiger partial charge in [0.2, 0.25) is 15.9 Å². The highest BCUT2D eigenvalue weighted by molar-refractivity contribution is 7.89. The number of ketones is 1. The number of primary sulfonamides is 1. The van der Waals surface area contributed by atoms with Crippen molar-refractivity contribution in [2.75, 3.05) is 31.6 Å². The smallest absolute Gasteiger partial charge is 0.355 e. The molecule has 1 saturated heterocycles. The molecule has 0 spiro atoms. The Bertz CT molecular complexity index is 1180. The third kappa shape index (κ3) is 5.91. The second kappa shape index (κ2) is 10.5. The van der Waals surface area contributed by atoms with Gasteiger partial charge in [-0.25, -0.2) is 18.4 Å². The van der Waals surface area contributed by atoms with Crippen molar-refractivity contribution < 1.29 is 27.5 Å². The first-order valence-electron chi connectivity index (χ1n) is 11.1. The summed E-state index contributed by atoms with van der Waals surface area (Å²) in [5.41, 5.74) is 2.52. The number of hydrogen-bond donors (Lipinski definition) is 3. The summed E-state index contributed by atoms with van der Waals surface area (Å²) in [4.78, 5) is 42.6. The van der Waals surface area contributed by atoms with Crippen LogP contribution < -0.4 is 10.5 Å². The van der Waals surface area contributed by atoms with E-state index in [1.807, 2.05) is 4.90 Å². The van der Waals surface area contributed by atoms with Crippen molar-refractivity contribution >= 4 is 33.4 Å². The van der Waals surface area contributed by atoms with E-state index in [2.05, 4.69) is 10.3 Å². The van der Waals surface area contributed by atoms with Gasteiger partial charge in [-0.05, 0) is 76.5 Å². The van der Waals surface area contributed by atoms with Gasteiger partial charge in [0, 0.05) is 22.9 Å². The van der Waals surface area contributed by atoms with Gasteiger partial charge in [0.15, 0.2) is 5.78 Å². The Hall–Kier alpha value is -3.02. The van der Waals surface area contributed by atoms with Crippen molar-refractivity contribution in [2.45, 2.75) is 38.5 Å². The molecule has 1 aliphatic heterocycles. The van der Waals surface area contributed by atoms with Crippen molar-refractivity contribution in [1.29, 1.82) is 0 Å². The largest absolute Gasteiger partial charge is 0.461 e. The molecule has 11 heteroatoms. The Morgan fingerprint density at radius 3 is 2.32 bits per heavy atom. The number of carbonyl (C=O) groups excluding carboxylic acids is 3. The van der Waals surface area contributed by atoms with Gasteiger partial charge in [0.25, 0.3) is 0 Å². The minimum absolute atomic E-state index is 0.0225. The number of hydrogen-bond acceptors (Lipinski definition) is 7. The summed E-state index contributed by atoms with van der Waals surface area (Å²) in [5.74, 6) is -0.922. The molecule has 1 aromatic heterocycles. The molecule has 0 atom stereocenters. The van der Waals surface area contributed by atoms with E-state index in [9.17, 15) is 22.8 Å². The fourth-order valence-corrected chi connectivity index (χ4v) is 4.70. The number of sulfonamides is 1. The molecular formula is C23H30N4O6S. The molecule has 2 heterocycles. The van der Waals surface area contributed by atoms with E-state index in [0.29, 0.717) is 54.1 Å². The molecule has 10 nitrogen and oxygen atoms in total. The number of anilines is 1. The summed E-state index contributed by atoms with van der Waals surface area (Å²) in [6, 6.07) is 5.68. The van der Waals surface area contributed by atoms with E-state index < -0.39 is 16.0 Å². The molecule has 4 N–H and O–H groups in total. The molecule has 0 radical (unpaired) electrons. The molecule has 3 rings (SSSR count). The molecule has 2 aromatic rings. The first-order valence-corrected chi connectivity index (χ1v) is 12.6. The number of rotatable bonds is 8. The Morgan fingerprint density at radius 1 is 1.15 bits per heavy atom. The van der Waals surface area contributed by atoms with Gasteiger partial charge >= 0.3 is 5.97 Å². The van der Waals surface area contributed by atoms with Crippen LogP contribution in [0.25, 0.3) is 0 Å². The van der Waals surface area contributed by atoms with Crippen LogP contribution in [0.5, 0.6) is 0 Å². The van der Waals surface area contributed by atoms with Crippen LogP contribution in [0.15, 0.2) is 29.2 Å². The molecular weight excluding hydrogens is 460 g/mol. The first kappa shape index (κ1) is 25.6. The van der Waals surface area contributed by atoms with Crippen molar-refractivity contribution in [1.82, 2.24) is 9.88 Å². The standard InChI is InChI=1S/C23H30N4O6S/c1-4-33-23(30)21-14(2)20(15(3)25-21)19(28)13-27-11-9-16(10-12-27)22(29)26-17-5-7-18(8-6-17)34(24,31)32/h5-8,16,25H,4,9-13H2,1-3H3,(H,26,29)(H2,24,31,32). The SMILES string of the molecule is CCOC(=O)c1[nH]c(C)c(C(=O)CN2CCC(C(=O)Nc3ccc(S(N)(=O)=O)cc3)CC2)c1C. The number of ether oxygens (including phenoxy) is 1. The number of esters is 1. The fraction of sp³-hybridized carbons (Fsp3) is 0.435. The second-order valence-electron chi connectivity index (χ2n) is 8.38. The quantitative estimate of drug-likeness (QED) is 0.378. The second-order valence-corrected chi connectivity index (χ2v) is 9.94. The molecule has 1 aromatic carbocycles. The van der Waals surface area contributed by atoms with Crippen LogP contribution in [0.3, 0.4) is 0 Å². The Labute approximate surface area is 198 Å². The maximum Gasteiger partial charge on any atom is 0.355 e. The van der Waals surface area contributed by atoms with Gasteiger partial charge in [-0.3, -0.25) is 14.5 Å². The average Bonchev–Trinajstić information content (AvgIpc) is 3.08. The zero-order valence-corrected chi connectivity index (χ0v) is 20.3. The lowest BCUT2D eigenvalue weighted by Crippen LogP contribution is -2.40. The number of nitrogens with two attached hydrogens (primary N) is 1. The molecule has 0 bridgehead atoms. The molecule has 1 fully saturated rings. The van der Waals surface area contributed by atoms with Crippen molar-refractivity contribution in [3.05, 3.63) is 46.8 Å². The number of Topliss-reactive ketones (excluding diaryl/α,β-unsaturated/α-hetero) is 1. The lowest BCUT2D eigenvalue weighted by atomic mass is 9.95. The highest BCUT2D eigenvalue weighted by Crippen LogP contribution is 2.23. The van der Waals surface area contributed by atoms with E-state index in [4.69, 9.17) is 9.88 Å². The Morgan fingerprint density at radius 2 is 1.76 bits per heavy atom. The topological polar surface area (TPSA) is 152 Å². The third-order valence-electron chi connectivity index (χ3n) is 5.97. The number of aryl methyl sites for hydroxylation is 1. The summed E-state index contributed by atoms with van der Waals surface area (Å²) in [6.45, 7) is 6.84. The highest BCUT2D eigenvalue weighted by Gasteiger charge is 2.28. The first-order chi connectivity index (χ1) is 16.0. The zero-order valence-electron chi connectivity index (χ0n) is 19.5. The lowest BCUT2D eigenvalue weighted by molar-refractivity contribution is -0.121. The summed E-state index contributed by atoms with van der Waals surface area (Å²) in [7, 11) is -3.79. The molecule has 1 amide bonds. The van der Waals surface area contributed by atoms with Crippen molar-refractivity contribution in [3.63, 3.8) is 0 Å². The number of aromatic amines is 1. The van der Waals surface area contributed by atoms with Crippen molar-refractivity contribution in [3.8, 4) is 0 Å². The number of piperidine rings is 1. The van der Waals surface area contributed by atoms with Crippen LogP contribution in [0.4, 0.5) is 5.69 Å². The monoisotopic (exact) mass is 490 g/mol. The number of nitrogens with one attached hydrogen (secondary N) is 2. The number of benzene rings is 1. The summed E-state index contributed by atoms with van der Waals surface area (Å²) in [6.07, 6.45) is 1.18. The predicted octanol–water partition coefficient (Wildman–Crippen LogP) is 1.99. The predicted molar refractivity (Wildman–Crippen MR) is 126 cm³/mol. The third-order valence-corrected chi connectivity index (χ3v) is 6.90. The number of carbonyl (C=O) groups is 3. The van der Waals surface area contributed by atoms with E-state index in [-0.39, 0.29) is 35.7 Å². The Kier molecular flexibility index (Phi) is 7.90. The van der Waals surface area contributed by atoms with Gasteiger partial charge < -0.3 is 15.0 Å². The molecule has 0 unspecified atom stereocenters. The van der Waals surface area contributed by atoms with Crippen LogP contribution in [0.2, 0.25) is 0 Å². The lowest BCUT2D eigenvalue weighted by Gasteiger charge is -2.30. The van der Waals surface area contributed by atoms with Gasteiger partial charge in [-0.2, -0.15) is 0 Å². The van der Waals surface area contributed by atoms with Crippen LogP contribution in [-0.4, -0.2) is 62.2 Å². The maximum absolute atomic E-state index is 13.0. The van der Waals surface area contributed by atoms with Gasteiger partial charge in [-0.15, -0.1) is 0 Å². The maximum atomic E-state index is 13.0. The zero-order chi connectivity index (χ0) is 25.0.